The number of furan rings is 2. The van der Waals surface area contributed by atoms with Crippen LogP contribution in [0.15, 0.2) is 45.2 Å². The van der Waals surface area contributed by atoms with E-state index >= 15 is 0 Å². The molecule has 0 bridgehead atoms. The Morgan fingerprint density at radius 1 is 1.16 bits per heavy atom. The Kier molecular flexibility index (Phi) is 2.72. The lowest BCUT2D eigenvalue weighted by Gasteiger charge is -1.93. The van der Waals surface area contributed by atoms with Crippen LogP contribution in [0.3, 0.4) is 0 Å². The van der Waals surface area contributed by atoms with Gasteiger partial charge in [0.1, 0.15) is 11.3 Å². The molecule has 2 heterocycles. The van der Waals surface area contributed by atoms with Crippen LogP contribution in [-0.4, -0.2) is 5.78 Å². The van der Waals surface area contributed by atoms with Gasteiger partial charge in [-0.25, -0.2) is 0 Å². The summed E-state index contributed by atoms with van der Waals surface area (Å²) in [6.45, 7) is 2.21. The molecule has 0 amide bonds. The Morgan fingerprint density at radius 2 is 2.00 bits per heavy atom. The number of nitrogens with two attached hydrogens (primary N) is 1. The molecule has 0 spiro atoms. The van der Waals surface area contributed by atoms with Crippen LogP contribution in [-0.2, 0) is 6.54 Å². The lowest BCUT2D eigenvalue weighted by atomic mass is 10.1. The molecular weight excluding hydrogens is 242 g/mol. The Balaban J connectivity index is 2.04. The first-order valence-electron chi connectivity index (χ1n) is 6.01. The lowest BCUT2D eigenvalue weighted by molar-refractivity contribution is 0.0983. The zero-order chi connectivity index (χ0) is 13.4. The van der Waals surface area contributed by atoms with E-state index in [4.69, 9.17) is 14.6 Å². The number of hydrogen-bond acceptors (Lipinski definition) is 4. The van der Waals surface area contributed by atoms with Crippen LogP contribution >= 0.6 is 0 Å². The van der Waals surface area contributed by atoms with Gasteiger partial charge in [-0.2, -0.15) is 0 Å². The molecule has 2 aromatic heterocycles. The van der Waals surface area contributed by atoms with Gasteiger partial charge in [0.05, 0.1) is 6.54 Å². The van der Waals surface area contributed by atoms with E-state index in [-0.39, 0.29) is 23.8 Å². The van der Waals surface area contributed by atoms with Crippen LogP contribution in [0.1, 0.15) is 27.6 Å². The summed E-state index contributed by atoms with van der Waals surface area (Å²) >= 11 is 0. The van der Waals surface area contributed by atoms with Gasteiger partial charge in [-0.05, 0) is 30.7 Å². The number of aryl methyl sites for hydroxylation is 1. The second-order valence-electron chi connectivity index (χ2n) is 4.40. The molecule has 19 heavy (non-hydrogen) atoms. The Labute approximate surface area is 109 Å². The molecule has 4 nitrogen and oxygen atoms in total. The molecule has 0 atom stereocenters. The summed E-state index contributed by atoms with van der Waals surface area (Å²) in [7, 11) is 0. The van der Waals surface area contributed by atoms with E-state index in [0.717, 1.165) is 16.5 Å². The van der Waals surface area contributed by atoms with E-state index in [9.17, 15) is 4.79 Å². The third kappa shape index (κ3) is 1.96. The van der Waals surface area contributed by atoms with Crippen molar-refractivity contribution in [1.82, 2.24) is 0 Å². The standard InChI is InChI=1S/C15H13NO3/c1-9-3-2-4-10-7-13(19-15(9)10)14(17)12-6-5-11(8-16)18-12/h2-7H,8,16H2,1H3. The van der Waals surface area contributed by atoms with Crippen molar-refractivity contribution >= 4 is 16.8 Å². The van der Waals surface area contributed by atoms with Gasteiger partial charge in [0.2, 0.25) is 0 Å². The molecule has 0 saturated carbocycles. The van der Waals surface area contributed by atoms with Crippen LogP contribution in [0.5, 0.6) is 0 Å². The maximum Gasteiger partial charge on any atom is 0.263 e. The van der Waals surface area contributed by atoms with Gasteiger partial charge >= 0.3 is 0 Å². The van der Waals surface area contributed by atoms with E-state index in [0.29, 0.717) is 5.76 Å². The topological polar surface area (TPSA) is 69.4 Å². The van der Waals surface area contributed by atoms with Crippen molar-refractivity contribution < 1.29 is 13.6 Å². The highest BCUT2D eigenvalue weighted by Gasteiger charge is 2.18. The Hall–Kier alpha value is -2.33. The third-order valence-electron chi connectivity index (χ3n) is 3.05. The quantitative estimate of drug-likeness (QED) is 0.730. The second kappa shape index (κ2) is 4.40. The number of carbonyl (C=O) groups excluding carboxylic acids is 1. The molecule has 0 unspecified atom stereocenters. The number of fused-ring (bicyclic) bond motifs is 1. The van der Waals surface area contributed by atoms with Crippen LogP contribution in [0, 0.1) is 6.92 Å². The summed E-state index contributed by atoms with van der Waals surface area (Å²) in [5, 5.41) is 0.911. The summed E-state index contributed by atoms with van der Waals surface area (Å²) in [5.74, 6) is 0.838. The fraction of sp³-hybridized carbons (Fsp3) is 0.133. The minimum atomic E-state index is -0.268. The zero-order valence-electron chi connectivity index (χ0n) is 10.5. The van der Waals surface area contributed by atoms with Crippen LogP contribution < -0.4 is 5.73 Å². The highest BCUT2D eigenvalue weighted by molar-refractivity contribution is 6.07. The normalized spacial score (nSPS) is 11.1. The number of benzene rings is 1. The average molecular weight is 255 g/mol. The molecule has 0 radical (unpaired) electrons. The van der Waals surface area contributed by atoms with Crippen molar-refractivity contribution in [1.29, 1.82) is 0 Å². The third-order valence-corrected chi connectivity index (χ3v) is 3.05. The van der Waals surface area contributed by atoms with E-state index in [1.165, 1.54) is 0 Å². The number of rotatable bonds is 3. The fourth-order valence-electron chi connectivity index (χ4n) is 2.05. The largest absolute Gasteiger partial charge is 0.456 e. The molecule has 0 aliphatic heterocycles. The van der Waals surface area contributed by atoms with E-state index in [2.05, 4.69) is 0 Å². The van der Waals surface area contributed by atoms with Gasteiger partial charge in [0, 0.05) is 5.39 Å². The van der Waals surface area contributed by atoms with Crippen molar-refractivity contribution in [3.63, 3.8) is 0 Å². The SMILES string of the molecule is Cc1cccc2cc(C(=O)c3ccc(CN)o3)oc12. The molecule has 0 fully saturated rings. The molecule has 0 saturated heterocycles. The van der Waals surface area contributed by atoms with Crippen molar-refractivity contribution in [3.8, 4) is 0 Å². The lowest BCUT2D eigenvalue weighted by Crippen LogP contribution is -1.98. The van der Waals surface area contributed by atoms with E-state index in [1.807, 2.05) is 25.1 Å². The molecule has 96 valence electrons. The van der Waals surface area contributed by atoms with Crippen LogP contribution in [0.25, 0.3) is 11.0 Å². The first-order valence-corrected chi connectivity index (χ1v) is 6.01. The van der Waals surface area contributed by atoms with Crippen molar-refractivity contribution in [2.75, 3.05) is 0 Å². The van der Waals surface area contributed by atoms with Gasteiger partial charge in [-0.1, -0.05) is 18.2 Å². The predicted octanol–water partition coefficient (Wildman–Crippen LogP) is 3.02. The number of ketones is 1. The molecule has 0 aliphatic rings. The Bertz CT molecular complexity index is 752. The van der Waals surface area contributed by atoms with Gasteiger partial charge in [0.25, 0.3) is 5.78 Å². The maximum absolute atomic E-state index is 12.2. The molecule has 0 aliphatic carbocycles. The van der Waals surface area contributed by atoms with Gasteiger partial charge in [-0.3, -0.25) is 4.79 Å². The van der Waals surface area contributed by atoms with Crippen molar-refractivity contribution in [2.45, 2.75) is 13.5 Å². The molecule has 3 rings (SSSR count). The monoisotopic (exact) mass is 255 g/mol. The summed E-state index contributed by atoms with van der Waals surface area (Å²) in [5.41, 5.74) is 7.19. The highest BCUT2D eigenvalue weighted by atomic mass is 16.4. The molecular formula is C15H13NO3. The van der Waals surface area contributed by atoms with Crippen LogP contribution in [0.4, 0.5) is 0 Å². The van der Waals surface area contributed by atoms with Gasteiger partial charge in [0.15, 0.2) is 11.5 Å². The molecule has 2 N–H and O–H groups in total. The number of para-hydroxylation sites is 1. The van der Waals surface area contributed by atoms with Crippen molar-refractivity contribution in [3.05, 3.63) is 59.2 Å². The maximum atomic E-state index is 12.2. The first-order chi connectivity index (χ1) is 9.19. The fourth-order valence-corrected chi connectivity index (χ4v) is 2.05. The van der Waals surface area contributed by atoms with Gasteiger partial charge < -0.3 is 14.6 Å². The average Bonchev–Trinajstić information content (AvgIpc) is 3.05. The summed E-state index contributed by atoms with van der Waals surface area (Å²) < 4.78 is 11.0. The van der Waals surface area contributed by atoms with Crippen molar-refractivity contribution in [2.24, 2.45) is 5.73 Å². The van der Waals surface area contributed by atoms with Crippen LogP contribution in [0.2, 0.25) is 0 Å². The first kappa shape index (κ1) is 11.7. The van der Waals surface area contributed by atoms with E-state index in [1.54, 1.807) is 18.2 Å². The highest BCUT2D eigenvalue weighted by Crippen LogP contribution is 2.24. The number of carbonyl (C=O) groups is 1. The molecule has 4 heteroatoms. The second-order valence-corrected chi connectivity index (χ2v) is 4.40. The Morgan fingerprint density at radius 3 is 2.68 bits per heavy atom. The zero-order valence-corrected chi connectivity index (χ0v) is 10.5. The summed E-state index contributed by atoms with van der Waals surface area (Å²) in [6, 6.07) is 10.8. The predicted molar refractivity (Wildman–Crippen MR) is 71.0 cm³/mol. The molecule has 1 aromatic carbocycles. The van der Waals surface area contributed by atoms with Gasteiger partial charge in [-0.15, -0.1) is 0 Å². The summed E-state index contributed by atoms with van der Waals surface area (Å²) in [6.07, 6.45) is 0. The number of hydrogen-bond donors (Lipinski definition) is 1. The minimum Gasteiger partial charge on any atom is -0.456 e. The molecule has 3 aromatic rings. The van der Waals surface area contributed by atoms with E-state index < -0.39 is 0 Å². The summed E-state index contributed by atoms with van der Waals surface area (Å²) in [4.78, 5) is 12.2. The minimum absolute atomic E-state index is 0.247. The smallest absolute Gasteiger partial charge is 0.263 e.